The molecule has 2 bridgehead atoms. The van der Waals surface area contributed by atoms with Crippen molar-refractivity contribution in [3.8, 4) is 0 Å². The Morgan fingerprint density at radius 1 is 1.00 bits per heavy atom. The summed E-state index contributed by atoms with van der Waals surface area (Å²) in [7, 11) is 1.51. The Morgan fingerprint density at radius 2 is 1.65 bits per heavy atom. The predicted octanol–water partition coefficient (Wildman–Crippen LogP) is 5.05. The molecule has 2 aliphatic rings. The highest BCUT2D eigenvalue weighted by atomic mass is 19.4. The normalized spacial score (nSPS) is 28.0. The molecule has 2 fully saturated rings. The van der Waals surface area contributed by atoms with Gasteiger partial charge in [0.15, 0.2) is 5.67 Å². The van der Waals surface area contributed by atoms with Gasteiger partial charge in [0.05, 0.1) is 36.4 Å². The van der Waals surface area contributed by atoms with E-state index < -0.39 is 53.4 Å². The van der Waals surface area contributed by atoms with E-state index in [1.807, 2.05) is 0 Å². The zero-order valence-corrected chi connectivity index (χ0v) is 19.4. The van der Waals surface area contributed by atoms with Crippen molar-refractivity contribution in [3.63, 3.8) is 0 Å². The average Bonchev–Trinajstić information content (AvgIpc) is 3.38. The van der Waals surface area contributed by atoms with Crippen molar-refractivity contribution in [3.05, 3.63) is 76.6 Å². The van der Waals surface area contributed by atoms with Crippen LogP contribution in [0.5, 0.6) is 0 Å². The number of piperidine rings is 1. The van der Waals surface area contributed by atoms with Crippen LogP contribution in [0.25, 0.3) is 0 Å². The molecule has 1 N–H and O–H groups in total. The van der Waals surface area contributed by atoms with Crippen LogP contribution in [0, 0.1) is 0 Å². The summed E-state index contributed by atoms with van der Waals surface area (Å²) < 4.78 is 102. The number of hydrogen-bond acceptors (Lipinski definition) is 5. The monoisotopic (exact) mass is 529 g/mol. The number of fused-ring (bicyclic) bond motifs is 2. The summed E-state index contributed by atoms with van der Waals surface area (Å²) in [6, 6.07) is 9.50. The first-order chi connectivity index (χ1) is 17.3. The molecule has 0 spiro atoms. The van der Waals surface area contributed by atoms with Crippen molar-refractivity contribution in [1.29, 1.82) is 0 Å². The first kappa shape index (κ1) is 25.6. The topological polar surface area (TPSA) is 64.9 Å². The Morgan fingerprint density at radius 3 is 2.22 bits per heavy atom. The van der Waals surface area contributed by atoms with Crippen LogP contribution in [0.3, 0.4) is 0 Å². The molecule has 13 heteroatoms. The van der Waals surface area contributed by atoms with E-state index in [-0.39, 0.29) is 30.3 Å². The number of benzene rings is 2. The van der Waals surface area contributed by atoms with Gasteiger partial charge < -0.3 is 4.74 Å². The van der Waals surface area contributed by atoms with E-state index in [1.54, 1.807) is 30.3 Å². The third-order valence-corrected chi connectivity index (χ3v) is 7.06. The molecule has 37 heavy (non-hydrogen) atoms. The van der Waals surface area contributed by atoms with Gasteiger partial charge in [0.2, 0.25) is 5.82 Å². The van der Waals surface area contributed by atoms with Crippen LogP contribution >= 0.6 is 0 Å². The van der Waals surface area contributed by atoms with Gasteiger partial charge in [-0.15, -0.1) is 10.2 Å². The summed E-state index contributed by atoms with van der Waals surface area (Å²) in [5.74, 6) is -0.0985. The minimum atomic E-state index is -4.97. The molecule has 0 saturated carbocycles. The molecule has 0 unspecified atom stereocenters. The average molecular weight is 529 g/mol. The van der Waals surface area contributed by atoms with E-state index in [0.717, 1.165) is 4.80 Å². The van der Waals surface area contributed by atoms with Crippen LogP contribution in [0.1, 0.15) is 47.3 Å². The van der Waals surface area contributed by atoms with Gasteiger partial charge in [-0.2, -0.15) is 31.1 Å². The van der Waals surface area contributed by atoms with Crippen LogP contribution in [0.2, 0.25) is 0 Å². The SMILES string of the molecule is Cn1nnc([C@]2(F)C[C@]3(c4ccccc4)N[C@H]2CC[C@H]3OCc2cc(C(F)(F)F)cc(C(F)(F)F)c2)n1. The second kappa shape index (κ2) is 8.76. The molecule has 2 aliphatic heterocycles. The zero-order chi connectivity index (χ0) is 26.6. The molecule has 0 aliphatic carbocycles. The maximum atomic E-state index is 16.5. The number of aromatic nitrogens is 4. The third-order valence-electron chi connectivity index (χ3n) is 7.06. The minimum absolute atomic E-state index is 0.0735. The predicted molar refractivity (Wildman–Crippen MR) is 116 cm³/mol. The molecular formula is C24H22F7N5O. The van der Waals surface area contributed by atoms with Gasteiger partial charge >= 0.3 is 12.4 Å². The number of tetrazole rings is 1. The summed E-state index contributed by atoms with van der Waals surface area (Å²) in [4.78, 5) is 1.15. The van der Waals surface area contributed by atoms with Gasteiger partial charge in [-0.05, 0) is 47.4 Å². The molecule has 3 aromatic rings. The third kappa shape index (κ3) is 4.58. The zero-order valence-electron chi connectivity index (χ0n) is 19.4. The first-order valence-corrected chi connectivity index (χ1v) is 11.5. The van der Waals surface area contributed by atoms with E-state index in [0.29, 0.717) is 24.1 Å². The maximum absolute atomic E-state index is 16.5. The summed E-state index contributed by atoms with van der Waals surface area (Å²) >= 11 is 0. The lowest BCUT2D eigenvalue weighted by Crippen LogP contribution is -2.54. The second-order valence-corrected chi connectivity index (χ2v) is 9.47. The lowest BCUT2D eigenvalue weighted by Gasteiger charge is -2.42. The number of nitrogens with zero attached hydrogens (tertiary/aromatic N) is 4. The first-order valence-electron chi connectivity index (χ1n) is 11.5. The molecule has 2 saturated heterocycles. The van der Waals surface area contributed by atoms with Crippen molar-refractivity contribution in [1.82, 2.24) is 25.5 Å². The lowest BCUT2D eigenvalue weighted by molar-refractivity contribution is -0.143. The largest absolute Gasteiger partial charge is 0.416 e. The number of hydrogen-bond donors (Lipinski definition) is 1. The molecule has 4 atom stereocenters. The van der Waals surface area contributed by atoms with Crippen LogP contribution in [0.15, 0.2) is 48.5 Å². The van der Waals surface area contributed by atoms with Crippen molar-refractivity contribution in [2.45, 2.75) is 61.6 Å². The highest BCUT2D eigenvalue weighted by Crippen LogP contribution is 2.54. The highest BCUT2D eigenvalue weighted by Gasteiger charge is 2.64. The summed E-state index contributed by atoms with van der Waals surface area (Å²) in [6.07, 6.45) is -10.3. The van der Waals surface area contributed by atoms with Crippen molar-refractivity contribution in [2.75, 3.05) is 0 Å². The lowest BCUT2D eigenvalue weighted by atomic mass is 9.79. The molecule has 0 amide bonds. The van der Waals surface area contributed by atoms with E-state index in [2.05, 4.69) is 20.7 Å². The fourth-order valence-electron chi connectivity index (χ4n) is 5.39. The van der Waals surface area contributed by atoms with Gasteiger partial charge in [0.25, 0.3) is 0 Å². The summed E-state index contributed by atoms with van der Waals surface area (Å²) in [5.41, 5.74) is -5.58. The van der Waals surface area contributed by atoms with E-state index in [9.17, 15) is 26.3 Å². The van der Waals surface area contributed by atoms with Gasteiger partial charge in [0.1, 0.15) is 0 Å². The summed E-state index contributed by atoms with van der Waals surface area (Å²) in [5, 5.41) is 15.0. The molecule has 5 rings (SSSR count). The number of rotatable bonds is 5. The number of nitrogens with one attached hydrogen (secondary N) is 1. The van der Waals surface area contributed by atoms with Gasteiger partial charge in [-0.25, -0.2) is 4.39 Å². The standard InChI is InChI=1S/C24H22F7N5O/c1-36-34-20(33-35-36)21(25)13-22(15-5-3-2-4-6-15)19(8-7-18(21)32-22)37-12-14-9-16(23(26,27)28)11-17(10-14)24(29,30)31/h2-6,9-11,18-19,32H,7-8,12-13H2,1H3/t18-,19+,21-,22+/m0/s1. The number of alkyl halides is 7. The Bertz CT molecular complexity index is 1250. The number of halogens is 7. The fraction of sp³-hybridized carbons (Fsp3) is 0.458. The van der Waals surface area contributed by atoms with Crippen LogP contribution in [-0.4, -0.2) is 32.4 Å². The number of aryl methyl sites for hydroxylation is 1. The Kier molecular flexibility index (Phi) is 6.06. The van der Waals surface area contributed by atoms with Gasteiger partial charge in [-0.1, -0.05) is 30.3 Å². The van der Waals surface area contributed by atoms with E-state index in [1.165, 1.54) is 7.05 Å². The van der Waals surface area contributed by atoms with Crippen LogP contribution in [-0.2, 0) is 42.0 Å². The Balaban J connectivity index is 1.49. The Labute approximate surface area is 206 Å². The van der Waals surface area contributed by atoms with Crippen molar-refractivity contribution >= 4 is 0 Å². The summed E-state index contributed by atoms with van der Waals surface area (Å²) in [6.45, 7) is -0.527. The van der Waals surface area contributed by atoms with Crippen molar-refractivity contribution in [2.24, 2.45) is 7.05 Å². The highest BCUT2D eigenvalue weighted by molar-refractivity contribution is 5.35. The maximum Gasteiger partial charge on any atom is 0.416 e. The van der Waals surface area contributed by atoms with Crippen LogP contribution < -0.4 is 5.32 Å². The van der Waals surface area contributed by atoms with Crippen molar-refractivity contribution < 1.29 is 35.5 Å². The Hall–Kier alpha value is -3.06. The molecule has 0 radical (unpaired) electrons. The second-order valence-electron chi connectivity index (χ2n) is 9.47. The fourth-order valence-corrected chi connectivity index (χ4v) is 5.39. The molecule has 6 nitrogen and oxygen atoms in total. The van der Waals surface area contributed by atoms with E-state index >= 15 is 4.39 Å². The quantitative estimate of drug-likeness (QED) is 0.469. The van der Waals surface area contributed by atoms with E-state index in [4.69, 9.17) is 4.74 Å². The number of ether oxygens (including phenoxy) is 1. The van der Waals surface area contributed by atoms with Gasteiger partial charge in [-0.3, -0.25) is 5.32 Å². The molecule has 2 aromatic carbocycles. The molecule has 3 heterocycles. The molecule has 198 valence electrons. The smallest absolute Gasteiger partial charge is 0.371 e. The minimum Gasteiger partial charge on any atom is -0.371 e. The molecular weight excluding hydrogens is 507 g/mol. The molecule has 1 aromatic heterocycles. The van der Waals surface area contributed by atoms with Crippen LogP contribution in [0.4, 0.5) is 30.7 Å². The van der Waals surface area contributed by atoms with Gasteiger partial charge in [0, 0.05) is 12.5 Å².